The molecule has 3 aromatic heterocycles. The molecule has 1 amide bonds. The first-order valence-corrected chi connectivity index (χ1v) is 13.7. The monoisotopic (exact) mass is 553 g/mol. The zero-order valence-corrected chi connectivity index (χ0v) is 23.8. The number of aryl methyl sites for hydroxylation is 4. The number of nitrogens with two attached hydrogens (primary N) is 1. The van der Waals surface area contributed by atoms with Crippen LogP contribution in [0.25, 0.3) is 0 Å². The van der Waals surface area contributed by atoms with Crippen LogP contribution in [0.15, 0.2) is 59.7 Å². The number of ether oxygens (including phenoxy) is 1. The first-order chi connectivity index (χ1) is 19.7. The number of amides is 1. The molecule has 2 atom stereocenters. The summed E-state index contributed by atoms with van der Waals surface area (Å²) in [5.74, 6) is 0.953. The second-order valence-corrected chi connectivity index (χ2v) is 10.4. The van der Waals surface area contributed by atoms with Crippen LogP contribution >= 0.6 is 0 Å². The molecule has 4 aromatic rings. The van der Waals surface area contributed by atoms with Crippen LogP contribution < -0.4 is 26.7 Å². The van der Waals surface area contributed by atoms with Crippen LogP contribution in [0, 0.1) is 20.8 Å². The highest BCUT2D eigenvalue weighted by atomic mass is 16.5. The Morgan fingerprint density at radius 1 is 1.10 bits per heavy atom. The van der Waals surface area contributed by atoms with Gasteiger partial charge in [-0.2, -0.15) is 0 Å². The van der Waals surface area contributed by atoms with E-state index >= 15 is 0 Å². The van der Waals surface area contributed by atoms with Crippen molar-refractivity contribution in [2.24, 2.45) is 0 Å². The number of aromatic nitrogens is 4. The van der Waals surface area contributed by atoms with Crippen LogP contribution in [0.2, 0.25) is 0 Å². The average molecular weight is 554 g/mol. The lowest BCUT2D eigenvalue weighted by Crippen LogP contribution is -2.36. The SMILES string of the molecule is COc1ccc([C@@H](CNc2ncc3n(c2=O)[C@H](C(=O)NCc2ccc(N)nc2C)CC3)c2ccc(C)c(C)c2)nc1. The molecule has 0 spiro atoms. The van der Waals surface area contributed by atoms with Gasteiger partial charge in [0.2, 0.25) is 5.91 Å². The normalized spacial score (nSPS) is 14.8. The van der Waals surface area contributed by atoms with Gasteiger partial charge in [0, 0.05) is 42.3 Å². The lowest BCUT2D eigenvalue weighted by Gasteiger charge is -2.20. The number of nitrogens with one attached hydrogen (secondary N) is 2. The highest BCUT2D eigenvalue weighted by molar-refractivity contribution is 5.81. The number of carbonyl (C=O) groups excluding carboxylic acids is 1. The molecule has 4 N–H and O–H groups in total. The molecule has 41 heavy (non-hydrogen) atoms. The Kier molecular flexibility index (Phi) is 8.00. The van der Waals surface area contributed by atoms with Crippen LogP contribution in [0.5, 0.6) is 5.75 Å². The number of carbonyl (C=O) groups is 1. The Morgan fingerprint density at radius 3 is 2.63 bits per heavy atom. The van der Waals surface area contributed by atoms with E-state index in [1.54, 1.807) is 30.1 Å². The largest absolute Gasteiger partial charge is 0.495 e. The summed E-state index contributed by atoms with van der Waals surface area (Å²) in [7, 11) is 1.61. The fourth-order valence-corrected chi connectivity index (χ4v) is 5.20. The summed E-state index contributed by atoms with van der Waals surface area (Å²) in [5, 5.41) is 6.23. The number of hydrogen-bond donors (Lipinski definition) is 3. The van der Waals surface area contributed by atoms with Crippen molar-refractivity contribution in [3.63, 3.8) is 0 Å². The summed E-state index contributed by atoms with van der Waals surface area (Å²) in [5.41, 5.74) is 12.1. The van der Waals surface area contributed by atoms with E-state index in [9.17, 15) is 9.59 Å². The molecule has 0 saturated carbocycles. The summed E-state index contributed by atoms with van der Waals surface area (Å²) in [6.45, 7) is 6.71. The lowest BCUT2D eigenvalue weighted by molar-refractivity contribution is -0.124. The molecule has 1 aromatic carbocycles. The van der Waals surface area contributed by atoms with Crippen molar-refractivity contribution < 1.29 is 9.53 Å². The van der Waals surface area contributed by atoms with E-state index in [4.69, 9.17) is 10.5 Å². The number of benzene rings is 1. The van der Waals surface area contributed by atoms with E-state index in [0.717, 1.165) is 28.2 Å². The Hall–Kier alpha value is -4.73. The standard InChI is InChI=1S/C31H35N7O3/c1-18-5-6-21(13-19(18)2)25(26-10-9-24(41-4)16-33-26)17-35-29-31(40)38-23(15-34-29)8-11-27(38)30(39)36-14-22-7-12-28(32)37-20(22)3/h5-7,9-10,12-13,15-16,25,27H,8,11,14,17H2,1-4H3,(H2,32,37)(H,34,35)(H,36,39)/t25-,27-/m0/s1. The van der Waals surface area contributed by atoms with Crippen LogP contribution in [-0.2, 0) is 17.8 Å². The van der Waals surface area contributed by atoms with E-state index in [1.165, 1.54) is 11.1 Å². The summed E-state index contributed by atoms with van der Waals surface area (Å²) in [6.07, 6.45) is 4.51. The Bertz CT molecular complexity index is 1630. The number of nitrogens with zero attached hydrogens (tertiary/aromatic N) is 4. The molecule has 1 aliphatic rings. The fraction of sp³-hybridized carbons (Fsp3) is 0.323. The Balaban J connectivity index is 1.36. The molecule has 5 rings (SSSR count). The van der Waals surface area contributed by atoms with E-state index in [-0.39, 0.29) is 23.2 Å². The van der Waals surface area contributed by atoms with Crippen LogP contribution in [0.4, 0.5) is 11.6 Å². The third kappa shape index (κ3) is 5.91. The van der Waals surface area contributed by atoms with Gasteiger partial charge in [0.25, 0.3) is 5.56 Å². The van der Waals surface area contributed by atoms with E-state index in [1.807, 2.05) is 25.1 Å². The van der Waals surface area contributed by atoms with Gasteiger partial charge in [-0.1, -0.05) is 24.3 Å². The molecule has 0 aliphatic carbocycles. The van der Waals surface area contributed by atoms with Crippen molar-refractivity contribution in [1.29, 1.82) is 0 Å². The van der Waals surface area contributed by atoms with Crippen molar-refractivity contribution in [3.05, 3.63) is 105 Å². The van der Waals surface area contributed by atoms with Crippen molar-refractivity contribution in [2.45, 2.75) is 52.1 Å². The minimum Gasteiger partial charge on any atom is -0.495 e. The molecule has 0 bridgehead atoms. The highest BCUT2D eigenvalue weighted by Crippen LogP contribution is 2.28. The predicted molar refractivity (Wildman–Crippen MR) is 158 cm³/mol. The van der Waals surface area contributed by atoms with Crippen LogP contribution in [0.1, 0.15) is 57.7 Å². The van der Waals surface area contributed by atoms with Gasteiger partial charge in [-0.3, -0.25) is 19.1 Å². The molecular weight excluding hydrogens is 518 g/mol. The molecule has 0 fully saturated rings. The maximum atomic E-state index is 13.6. The predicted octanol–water partition coefficient (Wildman–Crippen LogP) is 3.60. The number of fused-ring (bicyclic) bond motifs is 1. The van der Waals surface area contributed by atoms with Crippen molar-refractivity contribution in [2.75, 3.05) is 24.7 Å². The lowest BCUT2D eigenvalue weighted by atomic mass is 9.92. The van der Waals surface area contributed by atoms with Gasteiger partial charge in [-0.15, -0.1) is 0 Å². The number of anilines is 2. The van der Waals surface area contributed by atoms with Gasteiger partial charge in [-0.05, 0) is 74.1 Å². The second kappa shape index (κ2) is 11.8. The first-order valence-electron chi connectivity index (χ1n) is 13.7. The minimum atomic E-state index is -0.609. The number of methoxy groups -OCH3 is 1. The third-order valence-electron chi connectivity index (χ3n) is 7.79. The fourth-order valence-electron chi connectivity index (χ4n) is 5.20. The minimum absolute atomic E-state index is 0.143. The molecule has 1 aliphatic heterocycles. The molecule has 0 unspecified atom stereocenters. The Labute approximate surface area is 239 Å². The zero-order valence-electron chi connectivity index (χ0n) is 23.8. The number of nitrogen functional groups attached to an aromatic ring is 1. The van der Waals surface area contributed by atoms with Gasteiger partial charge in [0.1, 0.15) is 17.6 Å². The summed E-state index contributed by atoms with van der Waals surface area (Å²) in [6, 6.07) is 13.1. The molecule has 10 nitrogen and oxygen atoms in total. The van der Waals surface area contributed by atoms with Gasteiger partial charge >= 0.3 is 0 Å². The summed E-state index contributed by atoms with van der Waals surface area (Å²) < 4.78 is 6.85. The maximum Gasteiger partial charge on any atom is 0.294 e. The Morgan fingerprint density at radius 2 is 1.93 bits per heavy atom. The van der Waals surface area contributed by atoms with Crippen molar-refractivity contribution in [3.8, 4) is 5.75 Å². The van der Waals surface area contributed by atoms with Crippen molar-refractivity contribution >= 4 is 17.5 Å². The summed E-state index contributed by atoms with van der Waals surface area (Å²) >= 11 is 0. The van der Waals surface area contributed by atoms with Crippen molar-refractivity contribution in [1.82, 2.24) is 24.8 Å². The summed E-state index contributed by atoms with van der Waals surface area (Å²) in [4.78, 5) is 40.1. The van der Waals surface area contributed by atoms with E-state index < -0.39 is 6.04 Å². The van der Waals surface area contributed by atoms with Crippen LogP contribution in [-0.4, -0.2) is 39.1 Å². The van der Waals surface area contributed by atoms with Crippen LogP contribution in [0.3, 0.4) is 0 Å². The maximum absolute atomic E-state index is 13.6. The number of rotatable bonds is 9. The number of pyridine rings is 2. The highest BCUT2D eigenvalue weighted by Gasteiger charge is 2.31. The zero-order chi connectivity index (χ0) is 29.1. The quantitative estimate of drug-likeness (QED) is 0.286. The second-order valence-electron chi connectivity index (χ2n) is 10.4. The van der Waals surface area contributed by atoms with E-state index in [0.29, 0.717) is 37.5 Å². The molecule has 4 heterocycles. The van der Waals surface area contributed by atoms with Gasteiger partial charge in [0.05, 0.1) is 13.3 Å². The molecule has 0 saturated heterocycles. The van der Waals surface area contributed by atoms with E-state index in [2.05, 4.69) is 57.6 Å². The van der Waals surface area contributed by atoms with Gasteiger partial charge < -0.3 is 21.1 Å². The van der Waals surface area contributed by atoms with Gasteiger partial charge in [0.15, 0.2) is 5.82 Å². The molecule has 10 heteroatoms. The topological polar surface area (TPSA) is 137 Å². The number of hydrogen-bond acceptors (Lipinski definition) is 8. The smallest absolute Gasteiger partial charge is 0.294 e. The molecule has 212 valence electrons. The molecular formula is C31H35N7O3. The first kappa shape index (κ1) is 27.8. The van der Waals surface area contributed by atoms with Gasteiger partial charge in [-0.25, -0.2) is 9.97 Å². The third-order valence-corrected chi connectivity index (χ3v) is 7.79. The average Bonchev–Trinajstić information content (AvgIpc) is 3.41. The molecule has 0 radical (unpaired) electrons.